The Labute approximate surface area is 52.6 Å². The maximum Gasteiger partial charge on any atom is 0.0887 e. The molecule has 0 aliphatic carbocycles. The summed E-state index contributed by atoms with van der Waals surface area (Å²) in [6.45, 7) is 11.2. The second-order valence-electron chi connectivity index (χ2n) is 1.75. The van der Waals surface area contributed by atoms with Crippen LogP contribution in [0, 0.1) is 20.3 Å². The fraction of sp³-hybridized carbons (Fsp3) is 0.375. The molecule has 0 rings (SSSR count). The summed E-state index contributed by atoms with van der Waals surface area (Å²) < 4.78 is 0. The van der Waals surface area contributed by atoms with E-state index in [1.165, 1.54) is 0 Å². The molecule has 0 N–H and O–H groups in total. The molecule has 0 aliphatic heterocycles. The van der Waals surface area contributed by atoms with E-state index in [9.17, 15) is 0 Å². The molecule has 0 heteroatoms. The van der Waals surface area contributed by atoms with Crippen molar-refractivity contribution < 1.29 is 0 Å². The van der Waals surface area contributed by atoms with Gasteiger partial charge >= 0.3 is 0 Å². The monoisotopic (exact) mass is 109 g/mol. The van der Waals surface area contributed by atoms with Crippen molar-refractivity contribution in [2.24, 2.45) is 0 Å². The van der Waals surface area contributed by atoms with Gasteiger partial charge in [0.1, 0.15) is 0 Å². The Morgan fingerprint density at radius 3 is 2.75 bits per heavy atom. The molecule has 0 fully saturated rings. The van der Waals surface area contributed by atoms with Gasteiger partial charge in [-0.2, -0.15) is 6.42 Å². The van der Waals surface area contributed by atoms with E-state index in [-0.39, 0.29) is 0 Å². The van der Waals surface area contributed by atoms with Crippen molar-refractivity contribution in [2.75, 3.05) is 0 Å². The molecule has 0 aromatic heterocycles. The van der Waals surface area contributed by atoms with Crippen LogP contribution in [-0.4, -0.2) is 0 Å². The number of hydrogen-bond acceptors (Lipinski definition) is 0. The van der Waals surface area contributed by atoms with E-state index in [1.54, 1.807) is 0 Å². The first-order chi connectivity index (χ1) is 3.81. The summed E-state index contributed by atoms with van der Waals surface area (Å²) in [6, 6.07) is 0. The fourth-order valence-corrected chi connectivity index (χ4v) is 0.533. The minimum Gasteiger partial charge on any atom is -0.343 e. The van der Waals surface area contributed by atoms with Gasteiger partial charge in [-0.1, -0.05) is 12.2 Å². The molecule has 1 radical (unpaired) electrons. The molecule has 0 unspecified atom stereocenters. The van der Waals surface area contributed by atoms with Crippen LogP contribution < -0.4 is 0 Å². The predicted molar refractivity (Wildman–Crippen MR) is 38.0 cm³/mol. The van der Waals surface area contributed by atoms with Gasteiger partial charge in [0, 0.05) is 6.42 Å². The third kappa shape index (κ3) is 3.79. The second kappa shape index (κ2) is 4.76. The largest absolute Gasteiger partial charge is 0.343 e. The number of hydrogen-bond donors (Lipinski definition) is 0. The van der Waals surface area contributed by atoms with E-state index in [2.05, 4.69) is 20.4 Å². The summed E-state index contributed by atoms with van der Waals surface area (Å²) in [6.07, 6.45) is 4.83. The normalized spacial score (nSPS) is 9.12. The molecule has 0 saturated carbocycles. The van der Waals surface area contributed by atoms with E-state index >= 15 is 0 Å². The van der Waals surface area contributed by atoms with Crippen LogP contribution in [0.25, 0.3) is 0 Å². The van der Waals surface area contributed by atoms with Crippen LogP contribution in [-0.2, 0) is 0 Å². The molecule has 0 amide bonds. The number of rotatable bonds is 4. The molecule has 0 heterocycles. The maximum absolute atomic E-state index is 3.80. The van der Waals surface area contributed by atoms with Crippen LogP contribution in [0.3, 0.4) is 0 Å². The number of allylic oxidation sites excluding steroid dienone is 1. The third-order valence-electron chi connectivity index (χ3n) is 0.931. The average Bonchev–Trinajstić information content (AvgIpc) is 1.68. The van der Waals surface area contributed by atoms with Gasteiger partial charge in [-0.15, -0.1) is 0 Å². The molecule has 45 valence electrons. The van der Waals surface area contributed by atoms with Crippen LogP contribution in [0.1, 0.15) is 19.3 Å². The molecule has 0 aromatic rings. The first-order valence-corrected chi connectivity index (χ1v) is 2.90. The van der Waals surface area contributed by atoms with Crippen LogP contribution in [0.4, 0.5) is 0 Å². The Bertz CT molecular complexity index is 54.4. The molecular weight excluding hydrogens is 96.1 g/mol. The highest BCUT2D eigenvalue weighted by molar-refractivity contribution is 5.07. The molecule has 0 bridgehead atoms. The highest BCUT2D eigenvalue weighted by atomic mass is 13.9. The van der Waals surface area contributed by atoms with Crippen LogP contribution in [0.15, 0.2) is 12.2 Å². The standard InChI is InChI=1S/C8H13/c1-4-6-8(3)7-5-2/h6H,1-5,7H2. The molecule has 0 aliphatic rings. The molecule has 0 nitrogen and oxygen atoms in total. The lowest BCUT2D eigenvalue weighted by atomic mass is 10.1. The summed E-state index contributed by atoms with van der Waals surface area (Å²) in [5, 5.41) is 0. The second-order valence-corrected chi connectivity index (χ2v) is 1.75. The Morgan fingerprint density at radius 1 is 1.75 bits per heavy atom. The molecule has 8 heavy (non-hydrogen) atoms. The lowest BCUT2D eigenvalue weighted by Crippen LogP contribution is -1.79. The summed E-state index contributed by atoms with van der Waals surface area (Å²) in [5.41, 5.74) is 1.16. The predicted octanol–water partition coefficient (Wildman–Crippen LogP) is 2.59. The summed E-state index contributed by atoms with van der Waals surface area (Å²) in [4.78, 5) is 0. The van der Waals surface area contributed by atoms with Gasteiger partial charge in [0.05, 0.1) is 13.3 Å². The molecule has 0 saturated heterocycles. The first kappa shape index (κ1) is 7.61. The van der Waals surface area contributed by atoms with Crippen molar-refractivity contribution in [1.29, 1.82) is 0 Å². The minimum absolute atomic E-state index is 0.846. The van der Waals surface area contributed by atoms with Crippen LogP contribution >= 0.6 is 0 Å². The lowest BCUT2D eigenvalue weighted by Gasteiger charge is -1.98. The van der Waals surface area contributed by atoms with Gasteiger partial charge in [-0.25, -0.2) is 0 Å². The highest BCUT2D eigenvalue weighted by Gasteiger charge is 1.89. The minimum atomic E-state index is 0.846. The van der Waals surface area contributed by atoms with E-state index < -0.39 is 0 Å². The van der Waals surface area contributed by atoms with Gasteiger partial charge in [0.25, 0.3) is 0 Å². The Kier molecular flexibility index (Phi) is 4.53. The van der Waals surface area contributed by atoms with Crippen molar-refractivity contribution in [1.82, 2.24) is 0 Å². The third-order valence-corrected chi connectivity index (χ3v) is 0.931. The van der Waals surface area contributed by atoms with E-state index in [4.69, 9.17) is 0 Å². The topological polar surface area (TPSA) is 0 Å². The average molecular weight is 109 g/mol. The molecule has 0 spiro atoms. The van der Waals surface area contributed by atoms with Gasteiger partial charge in [0.15, 0.2) is 0 Å². The van der Waals surface area contributed by atoms with Gasteiger partial charge < -0.3 is 6.92 Å². The van der Waals surface area contributed by atoms with Crippen LogP contribution in [0.2, 0.25) is 0 Å². The zero-order valence-corrected chi connectivity index (χ0v) is 5.32. The summed E-state index contributed by atoms with van der Waals surface area (Å²) >= 11 is 0. The summed E-state index contributed by atoms with van der Waals surface area (Å²) in [5.74, 6) is 0. The Balaban J connectivity index is 3.06. The molecule has 0 atom stereocenters. The van der Waals surface area contributed by atoms with Crippen molar-refractivity contribution in [3.63, 3.8) is 0 Å². The smallest absolute Gasteiger partial charge is 0.0887 e. The lowest BCUT2D eigenvalue weighted by molar-refractivity contribution is 0.970. The summed E-state index contributed by atoms with van der Waals surface area (Å²) in [7, 11) is 0. The van der Waals surface area contributed by atoms with E-state index in [0.29, 0.717) is 0 Å². The van der Waals surface area contributed by atoms with Gasteiger partial charge in [0.2, 0.25) is 0 Å². The molecular formula is C8H13. The van der Waals surface area contributed by atoms with Gasteiger partial charge in [-0.05, 0) is 6.42 Å². The maximum atomic E-state index is 3.80. The zero-order chi connectivity index (χ0) is 6.41. The Morgan fingerprint density at radius 2 is 2.38 bits per heavy atom. The van der Waals surface area contributed by atoms with Crippen molar-refractivity contribution >= 4 is 0 Å². The SMILES string of the molecule is C=C([CH]C[CH2-])CC[CH2+]. The molecule has 0 aromatic carbocycles. The quantitative estimate of drug-likeness (QED) is 0.487. The Hall–Kier alpha value is -0.390. The van der Waals surface area contributed by atoms with Crippen LogP contribution in [0.5, 0.6) is 0 Å². The highest BCUT2D eigenvalue weighted by Crippen LogP contribution is 2.06. The fourth-order valence-electron chi connectivity index (χ4n) is 0.533. The first-order valence-electron chi connectivity index (χ1n) is 2.90. The zero-order valence-electron chi connectivity index (χ0n) is 5.32. The van der Waals surface area contributed by atoms with Crippen molar-refractivity contribution in [3.8, 4) is 0 Å². The van der Waals surface area contributed by atoms with Crippen molar-refractivity contribution in [2.45, 2.75) is 19.3 Å². The van der Waals surface area contributed by atoms with Gasteiger partial charge in [-0.3, -0.25) is 0 Å². The van der Waals surface area contributed by atoms with E-state index in [0.717, 1.165) is 24.8 Å². The van der Waals surface area contributed by atoms with E-state index in [1.807, 2.05) is 6.42 Å². The van der Waals surface area contributed by atoms with Crippen molar-refractivity contribution in [3.05, 3.63) is 32.4 Å².